The molecule has 18 heavy (non-hydrogen) atoms. The number of esters is 1. The van der Waals surface area contributed by atoms with E-state index in [2.05, 4.69) is 6.92 Å². The molecule has 0 aliphatic rings. The van der Waals surface area contributed by atoms with Crippen molar-refractivity contribution in [2.24, 2.45) is 0 Å². The van der Waals surface area contributed by atoms with Gasteiger partial charge in [0.05, 0.1) is 27.2 Å². The Morgan fingerprint density at radius 1 is 1.22 bits per heavy atom. The molecule has 0 N–H and O–H groups in total. The molecule has 0 bridgehead atoms. The predicted octanol–water partition coefficient (Wildman–Crippen LogP) is 2.59. The zero-order valence-electron chi connectivity index (χ0n) is 11.2. The summed E-state index contributed by atoms with van der Waals surface area (Å²) < 4.78 is 15.4. The third-order valence-corrected chi connectivity index (χ3v) is 2.59. The normalized spacial score (nSPS) is 9.94. The van der Waals surface area contributed by atoms with Gasteiger partial charge in [-0.25, -0.2) is 0 Å². The van der Waals surface area contributed by atoms with Crippen LogP contribution in [0.4, 0.5) is 0 Å². The summed E-state index contributed by atoms with van der Waals surface area (Å²) in [5.41, 5.74) is 0.805. The smallest absolute Gasteiger partial charge is 0.310 e. The first-order chi connectivity index (χ1) is 8.71. The van der Waals surface area contributed by atoms with Crippen LogP contribution in [0.25, 0.3) is 0 Å². The Morgan fingerprint density at radius 2 is 2.00 bits per heavy atom. The minimum Gasteiger partial charge on any atom is -0.497 e. The van der Waals surface area contributed by atoms with Crippen molar-refractivity contribution in [1.82, 2.24) is 0 Å². The molecule has 0 aromatic heterocycles. The highest BCUT2D eigenvalue weighted by atomic mass is 16.5. The van der Waals surface area contributed by atoms with Crippen LogP contribution < -0.4 is 9.47 Å². The van der Waals surface area contributed by atoms with Gasteiger partial charge in [0.2, 0.25) is 0 Å². The molecular weight excluding hydrogens is 232 g/mol. The first-order valence-corrected chi connectivity index (χ1v) is 6.07. The van der Waals surface area contributed by atoms with Gasteiger partial charge in [0.1, 0.15) is 11.5 Å². The zero-order chi connectivity index (χ0) is 13.4. The highest BCUT2D eigenvalue weighted by Crippen LogP contribution is 2.25. The highest BCUT2D eigenvalue weighted by Gasteiger charge is 2.10. The number of carbonyl (C=O) groups excluding carboxylic acids is 1. The van der Waals surface area contributed by atoms with Gasteiger partial charge in [0, 0.05) is 11.6 Å². The Morgan fingerprint density at radius 3 is 2.61 bits per heavy atom. The van der Waals surface area contributed by atoms with E-state index < -0.39 is 0 Å². The molecule has 0 fully saturated rings. The Hall–Kier alpha value is -1.71. The van der Waals surface area contributed by atoms with Gasteiger partial charge in [-0.3, -0.25) is 4.79 Å². The molecule has 0 heterocycles. The molecule has 0 radical (unpaired) electrons. The third kappa shape index (κ3) is 4.28. The summed E-state index contributed by atoms with van der Waals surface area (Å²) in [5, 5.41) is 0. The monoisotopic (exact) mass is 252 g/mol. The van der Waals surface area contributed by atoms with Crippen LogP contribution in [0, 0.1) is 0 Å². The van der Waals surface area contributed by atoms with Crippen molar-refractivity contribution in [3.8, 4) is 11.5 Å². The van der Waals surface area contributed by atoms with Gasteiger partial charge in [-0.05, 0) is 12.5 Å². The van der Waals surface area contributed by atoms with E-state index in [-0.39, 0.29) is 12.4 Å². The summed E-state index contributed by atoms with van der Waals surface area (Å²) in [6, 6.07) is 5.38. The molecule has 0 unspecified atom stereocenters. The Labute approximate surface area is 108 Å². The van der Waals surface area contributed by atoms with Crippen molar-refractivity contribution in [1.29, 1.82) is 0 Å². The lowest BCUT2D eigenvalue weighted by atomic mass is 10.1. The van der Waals surface area contributed by atoms with Crippen LogP contribution in [-0.2, 0) is 16.0 Å². The summed E-state index contributed by atoms with van der Waals surface area (Å²) in [5.74, 6) is 1.11. The van der Waals surface area contributed by atoms with E-state index in [0.29, 0.717) is 18.1 Å². The maximum atomic E-state index is 11.6. The number of hydrogen-bond acceptors (Lipinski definition) is 4. The Kier molecular flexibility index (Phi) is 6.05. The number of carbonyl (C=O) groups is 1. The molecular formula is C14H20O4. The quantitative estimate of drug-likeness (QED) is 0.552. The van der Waals surface area contributed by atoms with Crippen molar-refractivity contribution in [2.75, 3.05) is 20.8 Å². The lowest BCUT2D eigenvalue weighted by molar-refractivity contribution is -0.142. The summed E-state index contributed by atoms with van der Waals surface area (Å²) in [6.07, 6.45) is 2.13. The van der Waals surface area contributed by atoms with E-state index in [9.17, 15) is 4.79 Å². The van der Waals surface area contributed by atoms with Gasteiger partial charge in [0.25, 0.3) is 0 Å². The minimum atomic E-state index is -0.230. The predicted molar refractivity (Wildman–Crippen MR) is 69.1 cm³/mol. The molecule has 0 saturated heterocycles. The second kappa shape index (κ2) is 7.58. The molecule has 100 valence electrons. The van der Waals surface area contributed by atoms with Crippen LogP contribution in [0.15, 0.2) is 18.2 Å². The topological polar surface area (TPSA) is 44.8 Å². The lowest BCUT2D eigenvalue weighted by Gasteiger charge is -2.10. The molecule has 1 aromatic rings. The van der Waals surface area contributed by atoms with E-state index in [1.807, 2.05) is 6.07 Å². The van der Waals surface area contributed by atoms with E-state index in [0.717, 1.165) is 18.4 Å². The number of hydrogen-bond donors (Lipinski definition) is 0. The second-order valence-electron chi connectivity index (χ2n) is 3.93. The number of benzene rings is 1. The molecule has 4 heteroatoms. The number of ether oxygens (including phenoxy) is 3. The van der Waals surface area contributed by atoms with Gasteiger partial charge in [-0.2, -0.15) is 0 Å². The molecule has 0 aliphatic carbocycles. The summed E-state index contributed by atoms with van der Waals surface area (Å²) in [7, 11) is 3.16. The molecule has 0 aliphatic heterocycles. The van der Waals surface area contributed by atoms with E-state index in [4.69, 9.17) is 14.2 Å². The average Bonchev–Trinajstić information content (AvgIpc) is 2.39. The fraction of sp³-hybridized carbons (Fsp3) is 0.500. The summed E-state index contributed by atoms with van der Waals surface area (Å²) in [6.45, 7) is 2.54. The van der Waals surface area contributed by atoms with Crippen LogP contribution in [0.2, 0.25) is 0 Å². The molecule has 0 spiro atoms. The van der Waals surface area contributed by atoms with Gasteiger partial charge in [-0.1, -0.05) is 19.4 Å². The number of unbranched alkanes of at least 4 members (excludes halogenated alkanes) is 1. The number of methoxy groups -OCH3 is 2. The molecule has 1 aromatic carbocycles. The van der Waals surface area contributed by atoms with Crippen molar-refractivity contribution in [3.63, 3.8) is 0 Å². The maximum Gasteiger partial charge on any atom is 0.310 e. The third-order valence-electron chi connectivity index (χ3n) is 2.59. The Bertz CT molecular complexity index is 387. The van der Waals surface area contributed by atoms with Gasteiger partial charge >= 0.3 is 5.97 Å². The fourth-order valence-corrected chi connectivity index (χ4v) is 1.53. The maximum absolute atomic E-state index is 11.6. The van der Waals surface area contributed by atoms with Crippen LogP contribution in [0.1, 0.15) is 25.3 Å². The van der Waals surface area contributed by atoms with Crippen LogP contribution in [0.3, 0.4) is 0 Å². The largest absolute Gasteiger partial charge is 0.497 e. The van der Waals surface area contributed by atoms with Gasteiger partial charge < -0.3 is 14.2 Å². The van der Waals surface area contributed by atoms with Crippen molar-refractivity contribution in [3.05, 3.63) is 23.8 Å². The summed E-state index contributed by atoms with van der Waals surface area (Å²) in [4.78, 5) is 11.6. The van der Waals surface area contributed by atoms with Crippen LogP contribution in [0.5, 0.6) is 11.5 Å². The van der Waals surface area contributed by atoms with Crippen LogP contribution in [-0.4, -0.2) is 26.8 Å². The standard InChI is InChI=1S/C14H20O4/c1-4-5-8-18-14(15)9-11-6-7-12(16-2)10-13(11)17-3/h6-7,10H,4-5,8-9H2,1-3H3. The molecule has 0 atom stereocenters. The van der Waals surface area contributed by atoms with Crippen LogP contribution >= 0.6 is 0 Å². The first-order valence-electron chi connectivity index (χ1n) is 6.07. The van der Waals surface area contributed by atoms with Crippen molar-refractivity contribution >= 4 is 5.97 Å². The fourth-order valence-electron chi connectivity index (χ4n) is 1.53. The Balaban J connectivity index is 2.63. The molecule has 1 rings (SSSR count). The average molecular weight is 252 g/mol. The SMILES string of the molecule is CCCCOC(=O)Cc1ccc(OC)cc1OC. The van der Waals surface area contributed by atoms with Gasteiger partial charge in [-0.15, -0.1) is 0 Å². The van der Waals surface area contributed by atoms with E-state index in [1.54, 1.807) is 26.4 Å². The molecule has 0 saturated carbocycles. The number of rotatable bonds is 7. The van der Waals surface area contributed by atoms with Crippen molar-refractivity contribution in [2.45, 2.75) is 26.2 Å². The first kappa shape index (κ1) is 14.4. The zero-order valence-corrected chi connectivity index (χ0v) is 11.2. The van der Waals surface area contributed by atoms with E-state index in [1.165, 1.54) is 0 Å². The highest BCUT2D eigenvalue weighted by molar-refractivity contribution is 5.73. The minimum absolute atomic E-state index is 0.219. The van der Waals surface area contributed by atoms with E-state index >= 15 is 0 Å². The molecule has 4 nitrogen and oxygen atoms in total. The second-order valence-corrected chi connectivity index (χ2v) is 3.93. The van der Waals surface area contributed by atoms with Gasteiger partial charge in [0.15, 0.2) is 0 Å². The van der Waals surface area contributed by atoms with Crippen molar-refractivity contribution < 1.29 is 19.0 Å². The summed E-state index contributed by atoms with van der Waals surface area (Å²) >= 11 is 0. The molecule has 0 amide bonds. The lowest BCUT2D eigenvalue weighted by Crippen LogP contribution is -2.09.